The van der Waals surface area contributed by atoms with Crippen molar-refractivity contribution < 1.29 is 42.8 Å². The first-order valence-corrected chi connectivity index (χ1v) is 3.90. The van der Waals surface area contributed by atoms with Crippen molar-refractivity contribution in [1.82, 2.24) is 0 Å². The van der Waals surface area contributed by atoms with Crippen LogP contribution in [0.3, 0.4) is 0 Å². The molecule has 0 aliphatic heterocycles. The SMILES string of the molecule is [CH2-]CCN=C([O-])c1ccccc1.[Li+].[Li+]. The third kappa shape index (κ3) is 5.58. The number of hydrogen-bond donors (Lipinski definition) is 0. The maximum Gasteiger partial charge on any atom is 1.00 e. The second kappa shape index (κ2) is 9.44. The van der Waals surface area contributed by atoms with E-state index in [9.17, 15) is 5.11 Å². The van der Waals surface area contributed by atoms with Crippen LogP contribution in [0.15, 0.2) is 35.3 Å². The Hall–Kier alpha value is -0.115. The van der Waals surface area contributed by atoms with Gasteiger partial charge in [-0.2, -0.15) is 6.42 Å². The molecule has 1 aromatic rings. The van der Waals surface area contributed by atoms with E-state index in [0.717, 1.165) is 0 Å². The van der Waals surface area contributed by atoms with Crippen LogP contribution in [0.5, 0.6) is 0 Å². The van der Waals surface area contributed by atoms with Crippen molar-refractivity contribution in [3.8, 4) is 0 Å². The van der Waals surface area contributed by atoms with Crippen LogP contribution in [0, 0.1) is 6.92 Å². The van der Waals surface area contributed by atoms with Crippen LogP contribution in [0.25, 0.3) is 0 Å². The molecule has 0 amide bonds. The molecule has 0 aliphatic rings. The van der Waals surface area contributed by atoms with Gasteiger partial charge in [0.15, 0.2) is 0 Å². The van der Waals surface area contributed by atoms with Crippen LogP contribution in [0.2, 0.25) is 0 Å². The number of rotatable bonds is 3. The number of hydrogen-bond acceptors (Lipinski definition) is 2. The van der Waals surface area contributed by atoms with Crippen molar-refractivity contribution in [2.45, 2.75) is 6.42 Å². The fourth-order valence-electron chi connectivity index (χ4n) is 0.853. The average molecular weight is 175 g/mol. The second-order valence-electron chi connectivity index (χ2n) is 2.41. The zero-order valence-corrected chi connectivity index (χ0v) is 8.86. The van der Waals surface area contributed by atoms with Gasteiger partial charge in [-0.3, -0.25) is 0 Å². The minimum Gasteiger partial charge on any atom is -0.858 e. The maximum absolute atomic E-state index is 11.2. The van der Waals surface area contributed by atoms with Gasteiger partial charge in [-0.15, -0.1) is 0 Å². The first-order valence-electron chi connectivity index (χ1n) is 3.90. The van der Waals surface area contributed by atoms with Gasteiger partial charge in [-0.1, -0.05) is 30.3 Å². The predicted octanol–water partition coefficient (Wildman–Crippen LogP) is -4.97. The van der Waals surface area contributed by atoms with Gasteiger partial charge < -0.3 is 17.0 Å². The summed E-state index contributed by atoms with van der Waals surface area (Å²) >= 11 is 0. The quantitative estimate of drug-likeness (QED) is 0.196. The molecule has 1 aromatic carbocycles. The Labute approximate surface area is 109 Å². The van der Waals surface area contributed by atoms with E-state index in [1.807, 2.05) is 18.2 Å². The van der Waals surface area contributed by atoms with Crippen molar-refractivity contribution in [2.75, 3.05) is 6.54 Å². The summed E-state index contributed by atoms with van der Waals surface area (Å²) in [5, 5.41) is 11.2. The molecule has 0 unspecified atom stereocenters. The molecule has 0 bridgehead atoms. The normalized spacial score (nSPS) is 9.93. The molecule has 4 heteroatoms. The Balaban J connectivity index is 0. The van der Waals surface area contributed by atoms with Crippen LogP contribution in [-0.2, 0) is 0 Å². The van der Waals surface area contributed by atoms with Crippen molar-refractivity contribution in [3.05, 3.63) is 42.8 Å². The summed E-state index contributed by atoms with van der Waals surface area (Å²) in [6.07, 6.45) is 0.665. The third-order valence-electron chi connectivity index (χ3n) is 1.43. The zero-order valence-electron chi connectivity index (χ0n) is 8.86. The topological polar surface area (TPSA) is 35.4 Å². The first kappa shape index (κ1) is 16.3. The molecule has 2 nitrogen and oxygen atoms in total. The summed E-state index contributed by atoms with van der Waals surface area (Å²) in [4.78, 5) is 3.81. The van der Waals surface area contributed by atoms with Crippen molar-refractivity contribution in [1.29, 1.82) is 0 Å². The van der Waals surface area contributed by atoms with Gasteiger partial charge >= 0.3 is 37.7 Å². The summed E-state index contributed by atoms with van der Waals surface area (Å²) in [5.41, 5.74) is 0.644. The Morgan fingerprint density at radius 1 is 1.21 bits per heavy atom. The van der Waals surface area contributed by atoms with Crippen LogP contribution in [-0.4, -0.2) is 12.4 Å². The third-order valence-corrected chi connectivity index (χ3v) is 1.43. The van der Waals surface area contributed by atoms with E-state index in [-0.39, 0.29) is 43.6 Å². The van der Waals surface area contributed by atoms with Gasteiger partial charge in [0, 0.05) is 6.54 Å². The van der Waals surface area contributed by atoms with Crippen LogP contribution in [0.1, 0.15) is 12.0 Å². The van der Waals surface area contributed by atoms with Crippen molar-refractivity contribution >= 4 is 5.90 Å². The number of benzene rings is 1. The van der Waals surface area contributed by atoms with Gasteiger partial charge in [0.1, 0.15) is 0 Å². The van der Waals surface area contributed by atoms with Gasteiger partial charge in [0.05, 0.1) is 0 Å². The fourth-order valence-corrected chi connectivity index (χ4v) is 0.853. The van der Waals surface area contributed by atoms with Gasteiger partial charge in [-0.25, -0.2) is 0 Å². The Kier molecular flexibility index (Phi) is 11.0. The Morgan fingerprint density at radius 2 is 1.79 bits per heavy atom. The van der Waals surface area contributed by atoms with Crippen LogP contribution in [0.4, 0.5) is 0 Å². The molecular formula is C10H11Li2NO. The van der Waals surface area contributed by atoms with Crippen LogP contribution >= 0.6 is 0 Å². The molecule has 14 heavy (non-hydrogen) atoms. The molecule has 0 N–H and O–H groups in total. The molecule has 0 heterocycles. The Bertz CT molecular complexity index is 262. The molecule has 0 atom stereocenters. The molecule has 0 fully saturated rings. The predicted molar refractivity (Wildman–Crippen MR) is 47.8 cm³/mol. The van der Waals surface area contributed by atoms with E-state index in [2.05, 4.69) is 11.9 Å². The van der Waals surface area contributed by atoms with Crippen LogP contribution < -0.4 is 42.8 Å². The first-order chi connectivity index (χ1) is 5.84. The van der Waals surface area contributed by atoms with Gasteiger partial charge in [-0.05, 0) is 11.5 Å². The average Bonchev–Trinajstić information content (AvgIpc) is 2.15. The smallest absolute Gasteiger partial charge is 0.858 e. The standard InChI is InChI=1S/C10H12NO.2Li/c1-2-8-11-10(12)9-6-4-3-5-7-9;;/h3-7H,1-2,8H2,(H,11,12);;/q-1;2*+1/p-1. The minimum absolute atomic E-state index is 0. The minimum atomic E-state index is -0.153. The molecular weight excluding hydrogens is 164 g/mol. The van der Waals surface area contributed by atoms with E-state index in [1.165, 1.54) is 0 Å². The second-order valence-corrected chi connectivity index (χ2v) is 2.41. The van der Waals surface area contributed by atoms with Gasteiger partial charge in [0.25, 0.3) is 0 Å². The number of nitrogens with zero attached hydrogens (tertiary/aromatic N) is 1. The van der Waals surface area contributed by atoms with Crippen molar-refractivity contribution in [2.24, 2.45) is 4.99 Å². The van der Waals surface area contributed by atoms with E-state index >= 15 is 0 Å². The van der Waals surface area contributed by atoms with E-state index < -0.39 is 0 Å². The monoisotopic (exact) mass is 175 g/mol. The largest absolute Gasteiger partial charge is 1.00 e. The molecule has 0 spiro atoms. The maximum atomic E-state index is 11.2. The summed E-state index contributed by atoms with van der Waals surface area (Å²) in [6, 6.07) is 9.04. The molecule has 0 radical (unpaired) electrons. The summed E-state index contributed by atoms with van der Waals surface area (Å²) < 4.78 is 0. The molecule has 0 aliphatic carbocycles. The van der Waals surface area contributed by atoms with Gasteiger partial charge in [0.2, 0.25) is 0 Å². The van der Waals surface area contributed by atoms with Crippen molar-refractivity contribution in [3.63, 3.8) is 0 Å². The molecule has 64 valence electrons. The summed E-state index contributed by atoms with van der Waals surface area (Å²) in [7, 11) is 0. The fraction of sp³-hybridized carbons (Fsp3) is 0.200. The van der Waals surface area contributed by atoms with E-state index in [0.29, 0.717) is 18.5 Å². The summed E-state index contributed by atoms with van der Waals surface area (Å²) in [5.74, 6) is -0.153. The number of aliphatic imine (C=N–C) groups is 1. The van der Waals surface area contributed by atoms with E-state index in [1.54, 1.807) is 12.1 Å². The summed E-state index contributed by atoms with van der Waals surface area (Å²) in [6.45, 7) is 4.11. The molecule has 0 saturated carbocycles. The molecule has 0 saturated heterocycles. The Morgan fingerprint density at radius 3 is 2.29 bits per heavy atom. The van der Waals surface area contributed by atoms with E-state index in [4.69, 9.17) is 0 Å². The molecule has 1 rings (SSSR count). The molecule has 0 aromatic heterocycles. The zero-order chi connectivity index (χ0) is 8.81.